The third-order valence-electron chi connectivity index (χ3n) is 2.75. The summed E-state index contributed by atoms with van der Waals surface area (Å²) in [5.74, 6) is 0. The molecule has 0 unspecified atom stereocenters. The highest BCUT2D eigenvalue weighted by molar-refractivity contribution is 7.89. The van der Waals surface area contributed by atoms with Crippen molar-refractivity contribution in [3.05, 3.63) is 59.4 Å². The topological polar surface area (TPSA) is 59.1 Å². The Morgan fingerprint density at radius 3 is 2.55 bits per heavy atom. The zero-order valence-corrected chi connectivity index (χ0v) is 12.4. The van der Waals surface area contributed by atoms with Crippen LogP contribution in [0.15, 0.2) is 53.6 Å². The normalized spacial score (nSPS) is 11.4. The smallest absolute Gasteiger partial charge is 0.242 e. The number of pyridine rings is 1. The number of aryl methyl sites for hydroxylation is 1. The molecule has 1 N–H and O–H groups in total. The summed E-state index contributed by atoms with van der Waals surface area (Å²) in [7, 11) is -3.55. The summed E-state index contributed by atoms with van der Waals surface area (Å²) >= 11 is 5.89. The fraction of sp³-hybridized carbons (Fsp3) is 0.214. The van der Waals surface area contributed by atoms with Gasteiger partial charge in [0.15, 0.2) is 0 Å². The van der Waals surface area contributed by atoms with Crippen molar-refractivity contribution >= 4 is 21.6 Å². The van der Waals surface area contributed by atoms with Crippen LogP contribution in [0.3, 0.4) is 0 Å². The molecule has 1 aromatic heterocycles. The van der Waals surface area contributed by atoms with Gasteiger partial charge < -0.3 is 0 Å². The molecule has 6 heteroatoms. The highest BCUT2D eigenvalue weighted by Gasteiger charge is 2.16. The lowest BCUT2D eigenvalue weighted by molar-refractivity contribution is 0.578. The number of halogens is 1. The molecule has 0 atom stereocenters. The van der Waals surface area contributed by atoms with E-state index in [0.717, 1.165) is 12.1 Å². The molecule has 1 aromatic carbocycles. The molecule has 2 aromatic rings. The van der Waals surface area contributed by atoms with Gasteiger partial charge in [0.25, 0.3) is 0 Å². The predicted molar refractivity (Wildman–Crippen MR) is 79.2 cm³/mol. The van der Waals surface area contributed by atoms with Crippen molar-refractivity contribution in [2.45, 2.75) is 17.7 Å². The molecular weight excluding hydrogens is 296 g/mol. The van der Waals surface area contributed by atoms with Crippen LogP contribution < -0.4 is 4.72 Å². The molecular formula is C14H15ClN2O2S. The van der Waals surface area contributed by atoms with Crippen molar-refractivity contribution in [2.24, 2.45) is 0 Å². The first-order valence-electron chi connectivity index (χ1n) is 6.24. The van der Waals surface area contributed by atoms with E-state index in [2.05, 4.69) is 9.71 Å². The monoisotopic (exact) mass is 310 g/mol. The molecule has 106 valence electrons. The van der Waals surface area contributed by atoms with Crippen LogP contribution >= 0.6 is 11.6 Å². The first-order chi connectivity index (χ1) is 9.59. The molecule has 20 heavy (non-hydrogen) atoms. The Hall–Kier alpha value is -1.43. The maximum Gasteiger partial charge on any atom is 0.242 e. The van der Waals surface area contributed by atoms with Crippen LogP contribution in [0.1, 0.15) is 12.1 Å². The molecule has 0 aliphatic heterocycles. The Morgan fingerprint density at radius 2 is 1.85 bits per heavy atom. The molecule has 0 aliphatic rings. The Labute approximate surface area is 123 Å². The van der Waals surface area contributed by atoms with Gasteiger partial charge in [-0.05, 0) is 37.1 Å². The summed E-state index contributed by atoms with van der Waals surface area (Å²) in [5, 5.41) is 0.227. The van der Waals surface area contributed by atoms with Gasteiger partial charge >= 0.3 is 0 Å². The third-order valence-corrected chi connectivity index (χ3v) is 4.71. The Bertz CT molecular complexity index is 660. The van der Waals surface area contributed by atoms with Crippen LogP contribution in [0.2, 0.25) is 5.02 Å². The van der Waals surface area contributed by atoms with E-state index >= 15 is 0 Å². The van der Waals surface area contributed by atoms with Crippen molar-refractivity contribution in [1.29, 1.82) is 0 Å². The van der Waals surface area contributed by atoms with Gasteiger partial charge in [-0.15, -0.1) is 0 Å². The van der Waals surface area contributed by atoms with Gasteiger partial charge in [-0.25, -0.2) is 13.1 Å². The Morgan fingerprint density at radius 1 is 1.10 bits per heavy atom. The van der Waals surface area contributed by atoms with Crippen molar-refractivity contribution in [2.75, 3.05) is 6.54 Å². The first kappa shape index (κ1) is 15.0. The number of benzene rings is 1. The summed E-state index contributed by atoms with van der Waals surface area (Å²) in [5.41, 5.74) is 0.949. The molecule has 0 saturated heterocycles. The Balaban J connectivity index is 1.89. The second kappa shape index (κ2) is 6.83. The number of hydrogen-bond donors (Lipinski definition) is 1. The molecule has 0 bridgehead atoms. The summed E-state index contributed by atoms with van der Waals surface area (Å²) in [6, 6.07) is 12.1. The van der Waals surface area contributed by atoms with Crippen molar-refractivity contribution in [3.8, 4) is 0 Å². The Kier molecular flexibility index (Phi) is 5.11. The summed E-state index contributed by atoms with van der Waals surface area (Å²) in [6.07, 6.45) is 3.13. The lowest BCUT2D eigenvalue weighted by atomic mass is 10.2. The van der Waals surface area contributed by atoms with Gasteiger partial charge in [0.2, 0.25) is 10.0 Å². The lowest BCUT2D eigenvalue weighted by Gasteiger charge is -2.07. The summed E-state index contributed by atoms with van der Waals surface area (Å²) in [6.45, 7) is 0.351. The number of sulfonamides is 1. The van der Waals surface area contributed by atoms with Gasteiger partial charge in [-0.1, -0.05) is 29.8 Å². The van der Waals surface area contributed by atoms with Crippen LogP contribution in [0, 0.1) is 0 Å². The fourth-order valence-corrected chi connectivity index (χ4v) is 3.35. The molecule has 0 amide bonds. The first-order valence-corrected chi connectivity index (χ1v) is 8.10. The lowest BCUT2D eigenvalue weighted by Crippen LogP contribution is -2.25. The van der Waals surface area contributed by atoms with Gasteiger partial charge in [0, 0.05) is 18.4 Å². The van der Waals surface area contributed by atoms with E-state index in [0.29, 0.717) is 13.0 Å². The van der Waals surface area contributed by atoms with E-state index < -0.39 is 10.0 Å². The van der Waals surface area contributed by atoms with E-state index in [-0.39, 0.29) is 9.92 Å². The minimum atomic E-state index is -3.55. The number of aromatic nitrogens is 1. The van der Waals surface area contributed by atoms with Gasteiger partial charge in [0.05, 0.1) is 5.02 Å². The minimum Gasteiger partial charge on any atom is -0.261 e. The van der Waals surface area contributed by atoms with Gasteiger partial charge in [0.1, 0.15) is 4.90 Å². The molecule has 4 nitrogen and oxygen atoms in total. The van der Waals surface area contributed by atoms with Crippen molar-refractivity contribution in [3.63, 3.8) is 0 Å². The second-order valence-electron chi connectivity index (χ2n) is 4.25. The number of nitrogens with one attached hydrogen (secondary N) is 1. The van der Waals surface area contributed by atoms with E-state index in [1.54, 1.807) is 24.4 Å². The van der Waals surface area contributed by atoms with E-state index in [4.69, 9.17) is 11.6 Å². The predicted octanol–water partition coefficient (Wildman–Crippen LogP) is 2.65. The largest absolute Gasteiger partial charge is 0.261 e. The molecule has 2 rings (SSSR count). The van der Waals surface area contributed by atoms with Crippen LogP contribution in [0.5, 0.6) is 0 Å². The second-order valence-corrected chi connectivity index (χ2v) is 6.40. The maximum atomic E-state index is 12.1. The van der Waals surface area contributed by atoms with Crippen LogP contribution in [0.4, 0.5) is 0 Å². The van der Waals surface area contributed by atoms with Crippen LogP contribution in [-0.4, -0.2) is 19.9 Å². The van der Waals surface area contributed by atoms with E-state index in [1.807, 2.05) is 18.2 Å². The van der Waals surface area contributed by atoms with E-state index in [9.17, 15) is 8.42 Å². The number of hydrogen-bond acceptors (Lipinski definition) is 3. The quantitative estimate of drug-likeness (QED) is 0.834. The molecule has 1 heterocycles. The van der Waals surface area contributed by atoms with Crippen LogP contribution in [-0.2, 0) is 16.4 Å². The SMILES string of the molecule is O=S(=O)(NCCCc1ccccn1)c1ccccc1Cl. The zero-order valence-electron chi connectivity index (χ0n) is 10.8. The zero-order chi connectivity index (χ0) is 14.4. The molecule has 0 aliphatic carbocycles. The van der Waals surface area contributed by atoms with Gasteiger partial charge in [-0.3, -0.25) is 4.98 Å². The van der Waals surface area contributed by atoms with Crippen molar-refractivity contribution < 1.29 is 8.42 Å². The van der Waals surface area contributed by atoms with Gasteiger partial charge in [-0.2, -0.15) is 0 Å². The minimum absolute atomic E-state index is 0.111. The van der Waals surface area contributed by atoms with Crippen molar-refractivity contribution in [1.82, 2.24) is 9.71 Å². The third kappa shape index (κ3) is 4.03. The number of nitrogens with zero attached hydrogens (tertiary/aromatic N) is 1. The summed E-state index contributed by atoms with van der Waals surface area (Å²) < 4.78 is 26.7. The molecule has 0 fully saturated rings. The van der Waals surface area contributed by atoms with Crippen LogP contribution in [0.25, 0.3) is 0 Å². The maximum absolute atomic E-state index is 12.1. The highest BCUT2D eigenvalue weighted by atomic mass is 35.5. The van der Waals surface area contributed by atoms with E-state index in [1.165, 1.54) is 6.07 Å². The standard InChI is InChI=1S/C14H15ClN2O2S/c15-13-8-1-2-9-14(13)20(18,19)17-11-5-7-12-6-3-4-10-16-12/h1-4,6,8-10,17H,5,7,11H2. The summed E-state index contributed by atoms with van der Waals surface area (Å²) in [4.78, 5) is 4.30. The number of rotatable bonds is 6. The average molecular weight is 311 g/mol. The fourth-order valence-electron chi connectivity index (χ4n) is 1.76. The molecule has 0 spiro atoms. The molecule has 0 saturated carbocycles. The highest BCUT2D eigenvalue weighted by Crippen LogP contribution is 2.19. The molecule has 0 radical (unpaired) electrons. The average Bonchev–Trinajstić information content (AvgIpc) is 2.45.